The lowest BCUT2D eigenvalue weighted by molar-refractivity contribution is -0.143. The predicted molar refractivity (Wildman–Crippen MR) is 79.1 cm³/mol. The van der Waals surface area contributed by atoms with Crippen molar-refractivity contribution in [2.75, 3.05) is 46.6 Å². The quantitative estimate of drug-likeness (QED) is 0.711. The summed E-state index contributed by atoms with van der Waals surface area (Å²) in [5, 5.41) is 0. The monoisotopic (exact) mass is 311 g/mol. The van der Waals surface area contributed by atoms with Crippen molar-refractivity contribution >= 4 is 5.91 Å². The van der Waals surface area contributed by atoms with E-state index in [2.05, 4.69) is 0 Å². The molecule has 0 bridgehead atoms. The van der Waals surface area contributed by atoms with Gasteiger partial charge in [-0.25, -0.2) is 4.39 Å². The molecule has 0 N–H and O–H groups in total. The molecule has 1 fully saturated rings. The maximum atomic E-state index is 13.2. The van der Waals surface area contributed by atoms with Crippen LogP contribution in [-0.4, -0.2) is 63.5 Å². The Morgan fingerprint density at radius 1 is 1.45 bits per heavy atom. The molecule has 0 radical (unpaired) electrons. The highest BCUT2D eigenvalue weighted by Crippen LogP contribution is 2.13. The van der Waals surface area contributed by atoms with E-state index in [0.717, 1.165) is 5.56 Å². The number of rotatable bonds is 7. The van der Waals surface area contributed by atoms with Gasteiger partial charge in [0.1, 0.15) is 12.4 Å². The van der Waals surface area contributed by atoms with E-state index in [9.17, 15) is 9.18 Å². The van der Waals surface area contributed by atoms with Gasteiger partial charge in [0.25, 0.3) is 0 Å². The first kappa shape index (κ1) is 16.9. The molecule has 0 spiro atoms. The Kier molecular flexibility index (Phi) is 6.76. The Balaban J connectivity index is 1.79. The summed E-state index contributed by atoms with van der Waals surface area (Å²) in [6.07, 6.45) is 0.477. The van der Waals surface area contributed by atoms with Crippen LogP contribution in [0.1, 0.15) is 5.56 Å². The maximum absolute atomic E-state index is 13.2. The largest absolute Gasteiger partial charge is 0.382 e. The number of ether oxygens (including phenoxy) is 3. The molecule has 1 heterocycles. The molecule has 0 unspecified atom stereocenters. The highest BCUT2D eigenvalue weighted by Gasteiger charge is 2.24. The van der Waals surface area contributed by atoms with Crippen molar-refractivity contribution in [3.8, 4) is 0 Å². The van der Waals surface area contributed by atoms with Crippen LogP contribution in [0.15, 0.2) is 24.3 Å². The number of carbonyl (C=O) groups is 1. The van der Waals surface area contributed by atoms with Crippen molar-refractivity contribution in [2.24, 2.45) is 0 Å². The molecule has 6 heteroatoms. The normalized spacial score (nSPS) is 18.5. The fourth-order valence-corrected chi connectivity index (χ4v) is 2.39. The van der Waals surface area contributed by atoms with Crippen molar-refractivity contribution in [2.45, 2.75) is 12.5 Å². The average Bonchev–Trinajstić information content (AvgIpc) is 2.52. The minimum atomic E-state index is -0.257. The molecule has 1 aliphatic heterocycles. The Hall–Kier alpha value is -1.50. The van der Waals surface area contributed by atoms with E-state index < -0.39 is 0 Å². The van der Waals surface area contributed by atoms with Crippen molar-refractivity contribution in [3.05, 3.63) is 35.6 Å². The van der Waals surface area contributed by atoms with Crippen LogP contribution >= 0.6 is 0 Å². The zero-order valence-corrected chi connectivity index (χ0v) is 12.8. The summed E-state index contributed by atoms with van der Waals surface area (Å²) in [5.41, 5.74) is 0.871. The zero-order chi connectivity index (χ0) is 15.8. The highest BCUT2D eigenvalue weighted by atomic mass is 19.1. The molecule has 1 amide bonds. The number of methoxy groups -OCH3 is 1. The molecule has 122 valence electrons. The van der Waals surface area contributed by atoms with Crippen LogP contribution in [0.4, 0.5) is 4.39 Å². The van der Waals surface area contributed by atoms with Gasteiger partial charge in [0.2, 0.25) is 5.91 Å². The smallest absolute Gasteiger partial charge is 0.248 e. The fourth-order valence-electron chi connectivity index (χ4n) is 2.39. The van der Waals surface area contributed by atoms with Crippen LogP contribution in [-0.2, 0) is 25.4 Å². The summed E-state index contributed by atoms with van der Waals surface area (Å²) in [7, 11) is 1.59. The SMILES string of the molecule is COCCOCC(=O)N1CCO[C@@H](Cc2cccc(F)c2)C1. The number of hydrogen-bond acceptors (Lipinski definition) is 4. The summed E-state index contributed by atoms with van der Waals surface area (Å²) >= 11 is 0. The first-order chi connectivity index (χ1) is 10.7. The molecular weight excluding hydrogens is 289 g/mol. The average molecular weight is 311 g/mol. The molecule has 1 saturated heterocycles. The maximum Gasteiger partial charge on any atom is 0.248 e. The number of benzene rings is 1. The second-order valence-electron chi connectivity index (χ2n) is 5.21. The van der Waals surface area contributed by atoms with E-state index in [0.29, 0.717) is 39.3 Å². The summed E-state index contributed by atoms with van der Waals surface area (Å²) in [5.74, 6) is -0.309. The van der Waals surface area contributed by atoms with Crippen molar-refractivity contribution in [3.63, 3.8) is 0 Å². The van der Waals surface area contributed by atoms with E-state index in [-0.39, 0.29) is 24.4 Å². The first-order valence-corrected chi connectivity index (χ1v) is 7.39. The van der Waals surface area contributed by atoms with E-state index in [1.165, 1.54) is 12.1 Å². The Morgan fingerprint density at radius 3 is 3.09 bits per heavy atom. The van der Waals surface area contributed by atoms with E-state index in [1.807, 2.05) is 6.07 Å². The van der Waals surface area contributed by atoms with E-state index in [4.69, 9.17) is 14.2 Å². The molecule has 5 nitrogen and oxygen atoms in total. The molecular formula is C16H22FNO4. The number of amides is 1. The van der Waals surface area contributed by atoms with Crippen LogP contribution in [0.3, 0.4) is 0 Å². The molecule has 0 saturated carbocycles. The van der Waals surface area contributed by atoms with Crippen LogP contribution in [0.2, 0.25) is 0 Å². The second kappa shape index (κ2) is 8.82. The summed E-state index contributed by atoms with van der Waals surface area (Å²) < 4.78 is 29.0. The third-order valence-electron chi connectivity index (χ3n) is 3.50. The predicted octanol–water partition coefficient (Wildman–Crippen LogP) is 1.26. The lowest BCUT2D eigenvalue weighted by Gasteiger charge is -2.33. The van der Waals surface area contributed by atoms with Gasteiger partial charge >= 0.3 is 0 Å². The fraction of sp³-hybridized carbons (Fsp3) is 0.562. The van der Waals surface area contributed by atoms with Crippen LogP contribution in [0, 0.1) is 5.82 Å². The highest BCUT2D eigenvalue weighted by molar-refractivity contribution is 5.77. The Morgan fingerprint density at radius 2 is 2.32 bits per heavy atom. The number of halogens is 1. The van der Waals surface area contributed by atoms with Crippen LogP contribution < -0.4 is 0 Å². The van der Waals surface area contributed by atoms with Crippen LogP contribution in [0.5, 0.6) is 0 Å². The van der Waals surface area contributed by atoms with Crippen LogP contribution in [0.25, 0.3) is 0 Å². The Labute approximate surface area is 130 Å². The molecule has 0 aromatic heterocycles. The molecule has 1 aromatic rings. The van der Waals surface area contributed by atoms with Crippen molar-refractivity contribution < 1.29 is 23.4 Å². The number of hydrogen-bond donors (Lipinski definition) is 0. The Bertz CT molecular complexity index is 483. The molecule has 1 aliphatic rings. The number of morpholine rings is 1. The van der Waals surface area contributed by atoms with Gasteiger partial charge in [0.15, 0.2) is 0 Å². The summed E-state index contributed by atoms with van der Waals surface area (Å²) in [6, 6.07) is 6.46. The lowest BCUT2D eigenvalue weighted by atomic mass is 10.1. The van der Waals surface area contributed by atoms with Gasteiger partial charge in [-0.05, 0) is 17.7 Å². The molecule has 2 rings (SSSR count). The molecule has 0 aliphatic carbocycles. The standard InChI is InChI=1S/C16H22FNO4/c1-20-7-8-21-12-16(19)18-5-6-22-15(11-18)10-13-3-2-4-14(17)9-13/h2-4,9,15H,5-8,10-12H2,1H3/t15-/m0/s1. The van der Waals surface area contributed by atoms with Gasteiger partial charge in [-0.3, -0.25) is 4.79 Å². The zero-order valence-electron chi connectivity index (χ0n) is 12.8. The topological polar surface area (TPSA) is 48.0 Å². The summed E-state index contributed by atoms with van der Waals surface area (Å²) in [4.78, 5) is 13.8. The molecule has 22 heavy (non-hydrogen) atoms. The van der Waals surface area contributed by atoms with Crippen molar-refractivity contribution in [1.29, 1.82) is 0 Å². The van der Waals surface area contributed by atoms with E-state index >= 15 is 0 Å². The lowest BCUT2D eigenvalue weighted by Crippen LogP contribution is -2.47. The minimum Gasteiger partial charge on any atom is -0.382 e. The van der Waals surface area contributed by atoms with Gasteiger partial charge in [-0.2, -0.15) is 0 Å². The van der Waals surface area contributed by atoms with Gasteiger partial charge in [0, 0.05) is 26.6 Å². The van der Waals surface area contributed by atoms with Gasteiger partial charge in [0.05, 0.1) is 25.9 Å². The second-order valence-corrected chi connectivity index (χ2v) is 5.21. The third-order valence-corrected chi connectivity index (χ3v) is 3.50. The number of carbonyl (C=O) groups excluding carboxylic acids is 1. The molecule has 1 atom stereocenters. The third kappa shape index (κ3) is 5.36. The molecule has 1 aromatic carbocycles. The van der Waals surface area contributed by atoms with Gasteiger partial charge < -0.3 is 19.1 Å². The minimum absolute atomic E-state index is 0.0516. The number of nitrogens with zero attached hydrogens (tertiary/aromatic N) is 1. The van der Waals surface area contributed by atoms with Crippen molar-refractivity contribution in [1.82, 2.24) is 4.90 Å². The first-order valence-electron chi connectivity index (χ1n) is 7.39. The summed E-state index contributed by atoms with van der Waals surface area (Å²) in [6.45, 7) is 2.48. The van der Waals surface area contributed by atoms with Gasteiger partial charge in [-0.1, -0.05) is 12.1 Å². The van der Waals surface area contributed by atoms with Gasteiger partial charge in [-0.15, -0.1) is 0 Å². The van der Waals surface area contributed by atoms with E-state index in [1.54, 1.807) is 18.1 Å².